The summed E-state index contributed by atoms with van der Waals surface area (Å²) in [4.78, 5) is 14.0. The van der Waals surface area contributed by atoms with Gasteiger partial charge in [0.25, 0.3) is 0 Å². The molecule has 2 aromatic rings. The maximum Gasteiger partial charge on any atom is 0.416 e. The van der Waals surface area contributed by atoms with E-state index in [9.17, 15) is 49.4 Å². The van der Waals surface area contributed by atoms with Crippen molar-refractivity contribution in [1.29, 1.82) is 0 Å². The molecule has 0 unspecified atom stereocenters. The Kier molecular flexibility index (Phi) is 8.22. The van der Waals surface area contributed by atoms with E-state index in [4.69, 9.17) is 16.3 Å². The average molecular weight is 592 g/mol. The third kappa shape index (κ3) is 7.10. The number of alkyl halides is 9. The van der Waals surface area contributed by atoms with Gasteiger partial charge in [0.1, 0.15) is 5.60 Å². The summed E-state index contributed by atoms with van der Waals surface area (Å²) in [5.74, 6) is 0. The van der Waals surface area contributed by atoms with Crippen molar-refractivity contribution in [3.8, 4) is 0 Å². The zero-order valence-corrected chi connectivity index (χ0v) is 21.4. The molecule has 1 saturated heterocycles. The molecule has 0 bridgehead atoms. The van der Waals surface area contributed by atoms with Gasteiger partial charge in [-0.25, -0.2) is 4.79 Å². The average Bonchev–Trinajstić information content (AvgIpc) is 3.20. The van der Waals surface area contributed by atoms with Crippen molar-refractivity contribution >= 4 is 17.7 Å². The Hall–Kier alpha value is -2.67. The highest BCUT2D eigenvalue weighted by atomic mass is 35.5. The van der Waals surface area contributed by atoms with E-state index in [1.54, 1.807) is 0 Å². The zero-order valence-electron chi connectivity index (χ0n) is 20.6. The van der Waals surface area contributed by atoms with Crippen LogP contribution in [0.3, 0.4) is 0 Å². The fourth-order valence-corrected chi connectivity index (χ4v) is 4.62. The third-order valence-corrected chi connectivity index (χ3v) is 6.38. The van der Waals surface area contributed by atoms with Crippen LogP contribution in [0.1, 0.15) is 73.6 Å². The summed E-state index contributed by atoms with van der Waals surface area (Å²) in [7, 11) is 0. The lowest BCUT2D eigenvalue weighted by molar-refractivity contribution is -0.143. The molecule has 1 aliphatic heterocycles. The number of likely N-dealkylation sites (tertiary alicyclic amines) is 1. The highest BCUT2D eigenvalue weighted by Gasteiger charge is 2.46. The van der Waals surface area contributed by atoms with Crippen molar-refractivity contribution < 1.29 is 54.2 Å². The molecule has 0 saturated carbocycles. The monoisotopic (exact) mass is 591 g/mol. The number of aliphatic hydroxyl groups is 1. The SMILES string of the molecule is CC(C)(C)OC(=O)N1[C@H](c2cc(C(F)(F)F)ccc2Cl)CC[C@H]1[C@@H](O)c1cc(C(F)(F)F)cc(C(F)(F)F)c1. The van der Waals surface area contributed by atoms with Gasteiger partial charge in [0.2, 0.25) is 0 Å². The van der Waals surface area contributed by atoms with Gasteiger partial charge in [-0.2, -0.15) is 39.5 Å². The maximum absolute atomic E-state index is 13.4. The Morgan fingerprint density at radius 2 is 1.38 bits per heavy atom. The molecule has 216 valence electrons. The van der Waals surface area contributed by atoms with E-state index in [0.29, 0.717) is 24.3 Å². The quantitative estimate of drug-likeness (QED) is 0.364. The number of hydrogen-bond donors (Lipinski definition) is 1. The first-order valence-electron chi connectivity index (χ1n) is 11.4. The highest BCUT2D eigenvalue weighted by molar-refractivity contribution is 6.31. The van der Waals surface area contributed by atoms with E-state index >= 15 is 0 Å². The number of carbonyl (C=O) groups excluding carboxylic acids is 1. The Morgan fingerprint density at radius 1 is 0.872 bits per heavy atom. The van der Waals surface area contributed by atoms with E-state index < -0.39 is 70.7 Å². The number of aliphatic hydroxyl groups excluding tert-OH is 1. The van der Waals surface area contributed by atoms with Crippen molar-refractivity contribution in [2.45, 2.75) is 75.9 Å². The molecule has 1 aliphatic rings. The number of benzene rings is 2. The topological polar surface area (TPSA) is 49.8 Å². The van der Waals surface area contributed by atoms with Crippen LogP contribution in [0.4, 0.5) is 44.3 Å². The number of hydrogen-bond acceptors (Lipinski definition) is 3. The van der Waals surface area contributed by atoms with Crippen LogP contribution in [-0.2, 0) is 23.3 Å². The second-order valence-corrected chi connectivity index (χ2v) is 10.5. The molecule has 39 heavy (non-hydrogen) atoms. The Morgan fingerprint density at radius 3 is 1.85 bits per heavy atom. The second kappa shape index (κ2) is 10.4. The normalized spacial score (nSPS) is 19.8. The Balaban J connectivity index is 2.13. The minimum Gasteiger partial charge on any atom is -0.444 e. The molecule has 1 amide bonds. The fourth-order valence-electron chi connectivity index (χ4n) is 4.38. The van der Waals surface area contributed by atoms with Crippen LogP contribution in [0, 0.1) is 0 Å². The van der Waals surface area contributed by atoms with Crippen LogP contribution in [0.5, 0.6) is 0 Å². The lowest BCUT2D eigenvalue weighted by Crippen LogP contribution is -2.43. The summed E-state index contributed by atoms with van der Waals surface area (Å²) < 4.78 is 126. The summed E-state index contributed by atoms with van der Waals surface area (Å²) in [5, 5.41) is 10.9. The molecule has 14 heteroatoms. The van der Waals surface area contributed by atoms with Crippen molar-refractivity contribution in [2.75, 3.05) is 0 Å². The number of halogens is 10. The first kappa shape index (κ1) is 30.9. The Bertz CT molecular complexity index is 1190. The third-order valence-electron chi connectivity index (χ3n) is 6.03. The minimum atomic E-state index is -5.19. The van der Waals surface area contributed by atoms with Gasteiger partial charge in [0, 0.05) is 5.02 Å². The van der Waals surface area contributed by atoms with Gasteiger partial charge < -0.3 is 9.84 Å². The van der Waals surface area contributed by atoms with Gasteiger partial charge in [0.15, 0.2) is 0 Å². The van der Waals surface area contributed by atoms with E-state index in [1.807, 2.05) is 0 Å². The van der Waals surface area contributed by atoms with Crippen molar-refractivity contribution in [1.82, 2.24) is 4.90 Å². The van der Waals surface area contributed by atoms with E-state index in [0.717, 1.165) is 11.0 Å². The molecule has 0 radical (unpaired) electrons. The molecule has 4 nitrogen and oxygen atoms in total. The number of ether oxygens (including phenoxy) is 1. The maximum atomic E-state index is 13.4. The van der Waals surface area contributed by atoms with Crippen LogP contribution in [-0.4, -0.2) is 27.7 Å². The Labute approximate surface area is 222 Å². The number of nitrogens with zero attached hydrogens (tertiary/aromatic N) is 1. The largest absolute Gasteiger partial charge is 0.444 e. The van der Waals surface area contributed by atoms with Gasteiger partial charge in [0.05, 0.1) is 34.9 Å². The molecular weight excluding hydrogens is 569 g/mol. The molecule has 0 aromatic heterocycles. The van der Waals surface area contributed by atoms with Gasteiger partial charge in [-0.1, -0.05) is 11.6 Å². The van der Waals surface area contributed by atoms with E-state index in [2.05, 4.69) is 0 Å². The van der Waals surface area contributed by atoms with Crippen molar-refractivity contribution in [3.05, 3.63) is 69.2 Å². The van der Waals surface area contributed by atoms with Crippen LogP contribution in [0.15, 0.2) is 36.4 Å². The predicted octanol–water partition coefficient (Wildman–Crippen LogP) is 8.57. The van der Waals surface area contributed by atoms with Crippen molar-refractivity contribution in [2.24, 2.45) is 0 Å². The molecule has 1 N–H and O–H groups in total. The van der Waals surface area contributed by atoms with Gasteiger partial charge in [-0.3, -0.25) is 4.90 Å². The fraction of sp³-hybridized carbons (Fsp3) is 0.480. The lowest BCUT2D eigenvalue weighted by Gasteiger charge is -2.35. The molecule has 1 fully saturated rings. The number of rotatable bonds is 3. The van der Waals surface area contributed by atoms with Gasteiger partial charge in [-0.15, -0.1) is 0 Å². The summed E-state index contributed by atoms with van der Waals surface area (Å²) in [6.07, 6.45) is -18.7. The predicted molar refractivity (Wildman–Crippen MR) is 122 cm³/mol. The number of carbonyl (C=O) groups is 1. The smallest absolute Gasteiger partial charge is 0.416 e. The molecule has 1 heterocycles. The van der Waals surface area contributed by atoms with Gasteiger partial charge in [-0.05, 0) is 81.1 Å². The van der Waals surface area contributed by atoms with E-state index in [-0.39, 0.29) is 29.5 Å². The van der Waals surface area contributed by atoms with E-state index in [1.165, 1.54) is 20.8 Å². The van der Waals surface area contributed by atoms with Crippen LogP contribution >= 0.6 is 11.6 Å². The molecule has 0 spiro atoms. The molecule has 2 aromatic carbocycles. The summed E-state index contributed by atoms with van der Waals surface area (Å²) in [6.45, 7) is 4.42. The van der Waals surface area contributed by atoms with Gasteiger partial charge >= 0.3 is 24.6 Å². The molecule has 3 rings (SSSR count). The van der Waals surface area contributed by atoms with Crippen LogP contribution < -0.4 is 0 Å². The van der Waals surface area contributed by atoms with Crippen molar-refractivity contribution in [3.63, 3.8) is 0 Å². The molecule has 0 aliphatic carbocycles. The second-order valence-electron chi connectivity index (χ2n) is 10.1. The van der Waals surface area contributed by atoms with Crippen LogP contribution in [0.25, 0.3) is 0 Å². The minimum absolute atomic E-state index is 0.109. The number of amides is 1. The summed E-state index contributed by atoms with van der Waals surface area (Å²) in [6, 6.07) is 0.232. The first-order chi connectivity index (χ1) is 17.6. The summed E-state index contributed by atoms with van der Waals surface area (Å²) >= 11 is 6.16. The molecular formula is C25H23ClF9NO3. The van der Waals surface area contributed by atoms with Crippen LogP contribution in [0.2, 0.25) is 5.02 Å². The molecule has 3 atom stereocenters. The summed E-state index contributed by atoms with van der Waals surface area (Å²) in [5.41, 5.74) is -6.55. The first-order valence-corrected chi connectivity index (χ1v) is 11.8. The standard InChI is InChI=1S/C25H23ClF9NO3/c1-22(2,3)39-21(38)36-18(16-11-13(23(27,28)29)4-5-17(16)26)6-7-19(36)20(37)12-8-14(24(30,31)32)10-15(9-12)25(33,34)35/h4-5,8-11,18-20,37H,6-7H2,1-3H3/t18-,19-,20-/m0/s1. The zero-order chi connectivity index (χ0) is 29.7. The lowest BCUT2D eigenvalue weighted by atomic mass is 9.96. The highest BCUT2D eigenvalue weighted by Crippen LogP contribution is 2.46.